The summed E-state index contributed by atoms with van der Waals surface area (Å²) < 4.78 is 87.3. The summed E-state index contributed by atoms with van der Waals surface area (Å²) in [7, 11) is -4.11. The number of aromatic nitrogens is 3. The molecular formula is C34H36F4N6O4S. The van der Waals surface area contributed by atoms with E-state index in [1.165, 1.54) is 42.6 Å². The van der Waals surface area contributed by atoms with Crippen LogP contribution >= 0.6 is 0 Å². The van der Waals surface area contributed by atoms with Crippen LogP contribution in [0.1, 0.15) is 44.7 Å². The minimum Gasteiger partial charge on any atom is -0.345 e. The average molecular weight is 701 g/mol. The van der Waals surface area contributed by atoms with Crippen molar-refractivity contribution in [1.29, 1.82) is 0 Å². The zero-order chi connectivity index (χ0) is 35.4. The van der Waals surface area contributed by atoms with E-state index in [1.807, 2.05) is 18.2 Å². The minimum absolute atomic E-state index is 0.0319. The van der Waals surface area contributed by atoms with Gasteiger partial charge in [-0.2, -0.15) is 22.6 Å². The average Bonchev–Trinajstić information content (AvgIpc) is 3.54. The largest absolute Gasteiger partial charge is 0.407 e. The van der Waals surface area contributed by atoms with Gasteiger partial charge >= 0.3 is 6.18 Å². The summed E-state index contributed by atoms with van der Waals surface area (Å²) in [5.74, 6) is -1.66. The Hall–Kier alpha value is -4.47. The second-order valence-corrected chi connectivity index (χ2v) is 14.3. The Morgan fingerprint density at radius 1 is 0.980 bits per heavy atom. The van der Waals surface area contributed by atoms with Gasteiger partial charge in [0.25, 0.3) is 10.0 Å². The van der Waals surface area contributed by atoms with Crippen molar-refractivity contribution < 1.29 is 35.6 Å². The normalized spacial score (nSPS) is 17.7. The Balaban J connectivity index is 1.33. The van der Waals surface area contributed by atoms with Crippen molar-refractivity contribution >= 4 is 21.7 Å². The standard InChI is InChI=1S/C34H36F4N6O4S/c1-33(2,35)21-28(32(46)42-27-10-6-18-43(22-29(27)45)49(47,48)30-11-3-4-16-39-30)41-31(34(36,37)38)24-14-12-23(13-15-24)25-8-5-9-26(20-25)44-19-7-17-40-44/h3-5,7-9,11-17,19-20,27-28,31,41H,6,10,18,21-22H2,1-2H3,(H,42,46)/t27?,28-,31-/m0/s1. The van der Waals surface area contributed by atoms with E-state index in [-0.39, 0.29) is 30.0 Å². The maximum atomic E-state index is 14.9. The summed E-state index contributed by atoms with van der Waals surface area (Å²) >= 11 is 0. The van der Waals surface area contributed by atoms with Gasteiger partial charge in [0, 0.05) is 31.6 Å². The van der Waals surface area contributed by atoms with Gasteiger partial charge in [-0.05, 0) is 73.7 Å². The lowest BCUT2D eigenvalue weighted by Gasteiger charge is -2.31. The minimum atomic E-state index is -4.88. The highest BCUT2D eigenvalue weighted by atomic mass is 32.2. The molecule has 2 N–H and O–H groups in total. The van der Waals surface area contributed by atoms with Crippen molar-refractivity contribution in [1.82, 2.24) is 29.7 Å². The van der Waals surface area contributed by atoms with Crippen LogP contribution in [0.15, 0.2) is 96.4 Å². The molecule has 0 saturated carbocycles. The van der Waals surface area contributed by atoms with Crippen molar-refractivity contribution in [2.45, 2.75) is 68.1 Å². The van der Waals surface area contributed by atoms with Crippen molar-refractivity contribution in [2.75, 3.05) is 13.1 Å². The summed E-state index contributed by atoms with van der Waals surface area (Å²) in [5, 5.41) is 8.74. The van der Waals surface area contributed by atoms with Crippen LogP contribution in [0.2, 0.25) is 0 Å². The molecule has 1 saturated heterocycles. The lowest BCUT2D eigenvalue weighted by Crippen LogP contribution is -2.54. The fraction of sp³-hybridized carbons (Fsp3) is 0.353. The van der Waals surface area contributed by atoms with Gasteiger partial charge in [-0.1, -0.05) is 42.5 Å². The first kappa shape index (κ1) is 35.8. The van der Waals surface area contributed by atoms with Crippen LogP contribution < -0.4 is 10.6 Å². The molecule has 2 aromatic heterocycles. The fourth-order valence-corrected chi connectivity index (χ4v) is 7.04. The van der Waals surface area contributed by atoms with E-state index < -0.39 is 64.6 Å². The summed E-state index contributed by atoms with van der Waals surface area (Å²) in [6.45, 7) is 1.68. The van der Waals surface area contributed by atoms with E-state index in [4.69, 9.17) is 0 Å². The molecule has 260 valence electrons. The van der Waals surface area contributed by atoms with Crippen LogP contribution in [-0.2, 0) is 19.6 Å². The summed E-state index contributed by atoms with van der Waals surface area (Å²) in [4.78, 5) is 30.5. The lowest BCUT2D eigenvalue weighted by atomic mass is 9.96. The predicted molar refractivity (Wildman–Crippen MR) is 174 cm³/mol. The molecule has 0 radical (unpaired) electrons. The van der Waals surface area contributed by atoms with Crippen LogP contribution in [0.3, 0.4) is 0 Å². The topological polar surface area (TPSA) is 126 Å². The molecule has 3 heterocycles. The van der Waals surface area contributed by atoms with Gasteiger partial charge in [0.2, 0.25) is 5.91 Å². The van der Waals surface area contributed by atoms with Gasteiger partial charge < -0.3 is 5.32 Å². The number of nitrogens with one attached hydrogen (secondary N) is 2. The highest BCUT2D eigenvalue weighted by Gasteiger charge is 2.44. The molecular weight excluding hydrogens is 664 g/mol. The van der Waals surface area contributed by atoms with Crippen LogP contribution in [0.5, 0.6) is 0 Å². The number of hydrogen-bond donors (Lipinski definition) is 2. The quantitative estimate of drug-likeness (QED) is 0.207. The number of amides is 1. The van der Waals surface area contributed by atoms with Gasteiger partial charge in [-0.3, -0.25) is 14.9 Å². The van der Waals surface area contributed by atoms with Gasteiger partial charge in [0.1, 0.15) is 11.7 Å². The molecule has 3 atom stereocenters. The number of hydrogen-bond acceptors (Lipinski definition) is 7. The molecule has 5 rings (SSSR count). The first-order valence-corrected chi connectivity index (χ1v) is 17.0. The van der Waals surface area contributed by atoms with E-state index in [2.05, 4.69) is 20.7 Å². The van der Waals surface area contributed by atoms with Gasteiger partial charge in [-0.25, -0.2) is 22.5 Å². The number of ketones is 1. The number of carbonyl (C=O) groups excluding carboxylic acids is 2. The molecule has 1 aliphatic rings. The zero-order valence-corrected chi connectivity index (χ0v) is 27.6. The smallest absolute Gasteiger partial charge is 0.345 e. The van der Waals surface area contributed by atoms with Crippen molar-refractivity contribution in [3.8, 4) is 16.8 Å². The maximum absolute atomic E-state index is 14.9. The summed E-state index contributed by atoms with van der Waals surface area (Å²) in [6.07, 6.45) is -0.595. The molecule has 4 aromatic rings. The Morgan fingerprint density at radius 2 is 1.73 bits per heavy atom. The van der Waals surface area contributed by atoms with Gasteiger partial charge in [0.15, 0.2) is 10.8 Å². The van der Waals surface area contributed by atoms with Crippen molar-refractivity contribution in [3.05, 3.63) is 97.0 Å². The van der Waals surface area contributed by atoms with E-state index in [0.717, 1.165) is 29.4 Å². The fourth-order valence-electron chi connectivity index (χ4n) is 5.67. The molecule has 0 aliphatic carbocycles. The van der Waals surface area contributed by atoms with Crippen LogP contribution in [-0.4, -0.2) is 76.2 Å². The van der Waals surface area contributed by atoms with Gasteiger partial charge in [-0.15, -0.1) is 0 Å². The Labute approximate surface area is 281 Å². The van der Waals surface area contributed by atoms with E-state index in [1.54, 1.807) is 35.3 Å². The van der Waals surface area contributed by atoms with Crippen molar-refractivity contribution in [3.63, 3.8) is 0 Å². The molecule has 1 fully saturated rings. The van der Waals surface area contributed by atoms with E-state index in [9.17, 15) is 35.6 Å². The predicted octanol–water partition coefficient (Wildman–Crippen LogP) is 5.17. The van der Waals surface area contributed by atoms with E-state index >= 15 is 0 Å². The van der Waals surface area contributed by atoms with Gasteiger partial charge in [0.05, 0.1) is 24.3 Å². The number of alkyl halides is 4. The number of pyridine rings is 1. The number of sulfonamides is 1. The molecule has 1 aliphatic heterocycles. The molecule has 1 amide bonds. The monoisotopic (exact) mass is 700 g/mol. The highest BCUT2D eigenvalue weighted by molar-refractivity contribution is 7.89. The summed E-state index contributed by atoms with van der Waals surface area (Å²) in [5.41, 5.74) is -0.111. The SMILES string of the molecule is CC(C)(F)C[C@H](N[C@@H](c1ccc(-c2cccc(-n3cccn3)c2)cc1)C(F)(F)F)C(=O)NC1CCCN(S(=O)(=O)c2ccccn2)CC1=O. The number of Topliss-reactive ketones (excluding diaryl/α,β-unsaturated/α-hetero) is 1. The van der Waals surface area contributed by atoms with Crippen LogP contribution in [0.25, 0.3) is 16.8 Å². The molecule has 0 bridgehead atoms. The second-order valence-electron chi connectivity index (χ2n) is 12.4. The second kappa shape index (κ2) is 14.6. The van der Waals surface area contributed by atoms with Crippen molar-refractivity contribution in [2.24, 2.45) is 0 Å². The first-order chi connectivity index (χ1) is 23.1. The number of halogens is 4. The Bertz CT molecular complexity index is 1850. The molecule has 0 spiro atoms. The third-order valence-corrected chi connectivity index (χ3v) is 9.83. The number of nitrogens with zero attached hydrogens (tertiary/aromatic N) is 4. The zero-order valence-electron chi connectivity index (χ0n) is 26.8. The third kappa shape index (κ3) is 8.96. The number of benzene rings is 2. The lowest BCUT2D eigenvalue weighted by molar-refractivity contribution is -0.161. The first-order valence-electron chi connectivity index (χ1n) is 15.6. The van der Waals surface area contributed by atoms with Crippen LogP contribution in [0, 0.1) is 0 Å². The maximum Gasteiger partial charge on any atom is 0.407 e. The number of rotatable bonds is 11. The molecule has 1 unspecified atom stereocenters. The summed E-state index contributed by atoms with van der Waals surface area (Å²) in [6, 6.07) is 13.8. The Morgan fingerprint density at radius 3 is 2.37 bits per heavy atom. The molecule has 2 aromatic carbocycles. The van der Waals surface area contributed by atoms with E-state index in [0.29, 0.717) is 5.56 Å². The Kier molecular flexibility index (Phi) is 10.6. The molecule has 49 heavy (non-hydrogen) atoms. The molecule has 10 nitrogen and oxygen atoms in total. The molecule has 15 heteroatoms. The highest BCUT2D eigenvalue weighted by Crippen LogP contribution is 2.35. The number of carbonyl (C=O) groups is 2. The van der Waals surface area contributed by atoms with Crippen LogP contribution in [0.4, 0.5) is 17.6 Å². The third-order valence-electron chi connectivity index (χ3n) is 8.07.